The van der Waals surface area contributed by atoms with Crippen LogP contribution in [-0.4, -0.2) is 11.9 Å². The van der Waals surface area contributed by atoms with E-state index in [2.05, 4.69) is 15.9 Å². The van der Waals surface area contributed by atoms with Crippen LogP contribution in [0.5, 0.6) is 0 Å². The van der Waals surface area contributed by atoms with Gasteiger partial charge < -0.3 is 10.6 Å². The Morgan fingerprint density at radius 2 is 1.76 bits per heavy atom. The van der Waals surface area contributed by atoms with Crippen molar-refractivity contribution >= 4 is 50.7 Å². The number of benzene rings is 2. The van der Waals surface area contributed by atoms with Crippen LogP contribution in [0.15, 0.2) is 46.9 Å². The molecule has 0 saturated carbocycles. The zero-order chi connectivity index (χ0) is 15.1. The number of hydrogen-bond donors (Lipinski definition) is 1. The molecular weight excluding hydrogens is 375 g/mol. The summed E-state index contributed by atoms with van der Waals surface area (Å²) in [6.45, 7) is 0. The first-order valence-corrected chi connectivity index (χ1v) is 7.83. The van der Waals surface area contributed by atoms with Gasteiger partial charge in [0.1, 0.15) is 6.04 Å². The standard InChI is InChI=1S/C15H11BrCl2N2O/c16-8-1-4-10(5-2-8)20-14(13(19)15(20)21)11-6-3-9(17)7-12(11)18/h1-7,13-14H,19H2/t13-,14-/m1/s1. The summed E-state index contributed by atoms with van der Waals surface area (Å²) < 4.78 is 0.949. The van der Waals surface area contributed by atoms with E-state index >= 15 is 0 Å². The Morgan fingerprint density at radius 3 is 2.38 bits per heavy atom. The van der Waals surface area contributed by atoms with E-state index in [4.69, 9.17) is 28.9 Å². The van der Waals surface area contributed by atoms with Gasteiger partial charge in [-0.1, -0.05) is 45.2 Å². The zero-order valence-electron chi connectivity index (χ0n) is 10.8. The summed E-state index contributed by atoms with van der Waals surface area (Å²) >= 11 is 15.5. The van der Waals surface area contributed by atoms with Crippen LogP contribution >= 0.6 is 39.1 Å². The Bertz CT molecular complexity index is 705. The number of carbonyl (C=O) groups excluding carboxylic acids is 1. The molecule has 2 aromatic rings. The topological polar surface area (TPSA) is 46.3 Å². The van der Waals surface area contributed by atoms with Gasteiger partial charge in [-0.3, -0.25) is 4.79 Å². The summed E-state index contributed by atoms with van der Waals surface area (Å²) in [6, 6.07) is 11.9. The molecule has 3 nitrogen and oxygen atoms in total. The van der Waals surface area contributed by atoms with Gasteiger partial charge in [-0.25, -0.2) is 0 Å². The Morgan fingerprint density at radius 1 is 1.10 bits per heavy atom. The Balaban J connectivity index is 2.00. The van der Waals surface area contributed by atoms with E-state index in [-0.39, 0.29) is 11.9 Å². The molecule has 0 bridgehead atoms. The van der Waals surface area contributed by atoms with Crippen LogP contribution in [0.25, 0.3) is 0 Å². The third kappa shape index (κ3) is 2.57. The summed E-state index contributed by atoms with van der Waals surface area (Å²) in [6.07, 6.45) is 0. The Kier molecular flexibility index (Phi) is 3.97. The lowest BCUT2D eigenvalue weighted by Crippen LogP contribution is -2.63. The average molecular weight is 386 g/mol. The summed E-state index contributed by atoms with van der Waals surface area (Å²) in [5.74, 6) is -0.117. The van der Waals surface area contributed by atoms with Crippen LogP contribution in [0, 0.1) is 0 Å². The van der Waals surface area contributed by atoms with Gasteiger partial charge in [0, 0.05) is 20.2 Å². The normalized spacial score (nSPS) is 21.3. The fourth-order valence-corrected chi connectivity index (χ4v) is 3.26. The minimum absolute atomic E-state index is 0.117. The SMILES string of the molecule is N[C@H]1C(=O)N(c2ccc(Br)cc2)[C@@H]1c1ccc(Cl)cc1Cl. The van der Waals surface area contributed by atoms with Gasteiger partial charge in [0.25, 0.3) is 0 Å². The number of nitrogens with zero attached hydrogens (tertiary/aromatic N) is 1. The maximum absolute atomic E-state index is 12.1. The van der Waals surface area contributed by atoms with Crippen molar-refractivity contribution in [1.82, 2.24) is 0 Å². The monoisotopic (exact) mass is 384 g/mol. The number of carbonyl (C=O) groups is 1. The Hall–Kier alpha value is -1.07. The molecule has 0 unspecified atom stereocenters. The van der Waals surface area contributed by atoms with Gasteiger partial charge in [0.15, 0.2) is 0 Å². The van der Waals surface area contributed by atoms with Crippen molar-refractivity contribution in [3.63, 3.8) is 0 Å². The maximum atomic E-state index is 12.1. The highest BCUT2D eigenvalue weighted by Gasteiger charge is 2.47. The summed E-state index contributed by atoms with van der Waals surface area (Å²) in [4.78, 5) is 13.8. The molecule has 1 amide bonds. The third-order valence-electron chi connectivity index (χ3n) is 3.53. The first-order chi connectivity index (χ1) is 9.99. The molecule has 1 fully saturated rings. The zero-order valence-corrected chi connectivity index (χ0v) is 13.9. The first kappa shape index (κ1) is 14.9. The molecule has 3 rings (SSSR count). The second-order valence-electron chi connectivity index (χ2n) is 4.82. The molecule has 1 saturated heterocycles. The predicted molar refractivity (Wildman–Crippen MR) is 88.8 cm³/mol. The molecule has 21 heavy (non-hydrogen) atoms. The highest BCUT2D eigenvalue weighted by molar-refractivity contribution is 9.10. The van der Waals surface area contributed by atoms with Crippen molar-refractivity contribution in [2.75, 3.05) is 4.90 Å². The molecule has 2 aromatic carbocycles. The molecule has 1 aliphatic rings. The maximum Gasteiger partial charge on any atom is 0.247 e. The number of hydrogen-bond acceptors (Lipinski definition) is 2. The van der Waals surface area contributed by atoms with Gasteiger partial charge in [0.05, 0.1) is 6.04 Å². The smallest absolute Gasteiger partial charge is 0.247 e. The van der Waals surface area contributed by atoms with Gasteiger partial charge in [-0.05, 0) is 42.0 Å². The molecule has 2 N–H and O–H groups in total. The van der Waals surface area contributed by atoms with Gasteiger partial charge in [-0.2, -0.15) is 0 Å². The number of halogens is 3. The fraction of sp³-hybridized carbons (Fsp3) is 0.133. The lowest BCUT2D eigenvalue weighted by Gasteiger charge is -2.46. The fourth-order valence-electron chi connectivity index (χ4n) is 2.47. The number of anilines is 1. The quantitative estimate of drug-likeness (QED) is 0.788. The van der Waals surface area contributed by atoms with E-state index in [0.717, 1.165) is 15.7 Å². The second-order valence-corrected chi connectivity index (χ2v) is 6.58. The number of nitrogens with two attached hydrogens (primary N) is 1. The number of β-lactam (4-membered cyclic amide) rings is 1. The van der Waals surface area contributed by atoms with Crippen molar-refractivity contribution < 1.29 is 4.79 Å². The lowest BCUT2D eigenvalue weighted by atomic mass is 9.88. The number of amides is 1. The van der Waals surface area contributed by atoms with Crippen LogP contribution in [0.4, 0.5) is 5.69 Å². The van der Waals surface area contributed by atoms with E-state index in [1.54, 1.807) is 17.0 Å². The Labute approximate surface area is 140 Å². The van der Waals surface area contributed by atoms with Crippen LogP contribution in [-0.2, 0) is 4.79 Å². The predicted octanol–water partition coefficient (Wildman–Crippen LogP) is 4.17. The molecule has 1 aliphatic heterocycles. The van der Waals surface area contributed by atoms with Crippen molar-refractivity contribution in [2.45, 2.75) is 12.1 Å². The largest absolute Gasteiger partial charge is 0.318 e. The highest BCUT2D eigenvalue weighted by Crippen LogP contribution is 2.41. The van der Waals surface area contributed by atoms with Crippen molar-refractivity contribution in [2.24, 2.45) is 5.73 Å². The second kappa shape index (κ2) is 5.61. The van der Waals surface area contributed by atoms with E-state index in [1.807, 2.05) is 30.3 Å². The van der Waals surface area contributed by atoms with Crippen molar-refractivity contribution in [1.29, 1.82) is 0 Å². The summed E-state index contributed by atoms with van der Waals surface area (Å²) in [5.41, 5.74) is 7.57. The van der Waals surface area contributed by atoms with Crippen LogP contribution in [0.1, 0.15) is 11.6 Å². The van der Waals surface area contributed by atoms with Crippen LogP contribution in [0.3, 0.4) is 0 Å². The molecule has 0 aromatic heterocycles. The molecule has 2 atom stereocenters. The van der Waals surface area contributed by atoms with Crippen molar-refractivity contribution in [3.8, 4) is 0 Å². The molecule has 0 radical (unpaired) electrons. The van der Waals surface area contributed by atoms with Gasteiger partial charge in [0.2, 0.25) is 5.91 Å². The number of rotatable bonds is 2. The van der Waals surface area contributed by atoms with Gasteiger partial charge >= 0.3 is 0 Å². The van der Waals surface area contributed by atoms with E-state index in [1.165, 1.54) is 0 Å². The van der Waals surface area contributed by atoms with E-state index in [0.29, 0.717) is 10.0 Å². The highest BCUT2D eigenvalue weighted by atomic mass is 79.9. The molecule has 0 spiro atoms. The minimum Gasteiger partial charge on any atom is -0.318 e. The molecule has 108 valence electrons. The molecule has 6 heteroatoms. The van der Waals surface area contributed by atoms with Gasteiger partial charge in [-0.15, -0.1) is 0 Å². The molecule has 0 aliphatic carbocycles. The summed E-state index contributed by atoms with van der Waals surface area (Å²) in [7, 11) is 0. The molecule has 1 heterocycles. The third-order valence-corrected chi connectivity index (χ3v) is 4.62. The lowest BCUT2D eigenvalue weighted by molar-refractivity contribution is -0.126. The van der Waals surface area contributed by atoms with E-state index < -0.39 is 6.04 Å². The first-order valence-electron chi connectivity index (χ1n) is 6.28. The average Bonchev–Trinajstić information content (AvgIpc) is 2.46. The van der Waals surface area contributed by atoms with Crippen LogP contribution in [0.2, 0.25) is 10.0 Å². The summed E-state index contributed by atoms with van der Waals surface area (Å²) in [5, 5.41) is 1.07. The minimum atomic E-state index is -0.590. The van der Waals surface area contributed by atoms with E-state index in [9.17, 15) is 4.79 Å². The molecular formula is C15H11BrCl2N2O. The van der Waals surface area contributed by atoms with Crippen LogP contribution < -0.4 is 10.6 Å². The van der Waals surface area contributed by atoms with Crippen molar-refractivity contribution in [3.05, 3.63) is 62.5 Å².